The number of nitrogens with one attached hydrogen (secondary N) is 3. The summed E-state index contributed by atoms with van der Waals surface area (Å²) in [6.07, 6.45) is 4.78. The molecule has 122 valence electrons. The van der Waals surface area contributed by atoms with Gasteiger partial charge in [0.1, 0.15) is 12.6 Å². The molecule has 0 radical (unpaired) electrons. The van der Waals surface area contributed by atoms with Gasteiger partial charge in [0.25, 0.3) is 0 Å². The van der Waals surface area contributed by atoms with Crippen molar-refractivity contribution in [1.82, 2.24) is 16.2 Å². The fraction of sp³-hybridized carbons (Fsp3) is 0.727. The first-order chi connectivity index (χ1) is 10.2. The molecule has 21 heavy (non-hydrogen) atoms. The number of rotatable bonds is 10. The molecule has 5 N–H and O–H groups in total. The van der Waals surface area contributed by atoms with Crippen LogP contribution in [0.25, 0.3) is 0 Å². The Morgan fingerprint density at radius 2 is 2.33 bits per heavy atom. The van der Waals surface area contributed by atoms with Gasteiger partial charge in [-0.1, -0.05) is 0 Å². The summed E-state index contributed by atoms with van der Waals surface area (Å²) < 4.78 is 14.3. The molecule has 1 heterocycles. The van der Waals surface area contributed by atoms with Crippen LogP contribution < -0.4 is 16.2 Å². The van der Waals surface area contributed by atoms with Gasteiger partial charge in [0.05, 0.1) is 12.7 Å². The molecule has 0 amide bonds. The van der Waals surface area contributed by atoms with Gasteiger partial charge in [-0.05, 0) is 19.9 Å². The molecule has 2 unspecified atom stereocenters. The van der Waals surface area contributed by atoms with Gasteiger partial charge in [-0.25, -0.2) is 5.43 Å². The number of likely N-dealkylation sites (N-methyl/N-ethyl adjacent to an activating group) is 1. The van der Waals surface area contributed by atoms with Crippen molar-refractivity contribution in [3.63, 3.8) is 0 Å². The summed E-state index contributed by atoms with van der Waals surface area (Å²) in [5.41, 5.74) is 6.86. The lowest BCUT2D eigenvalue weighted by atomic mass is 10.2. The van der Waals surface area contributed by atoms with E-state index in [1.54, 1.807) is 12.4 Å². The molecule has 0 aliphatic carbocycles. The van der Waals surface area contributed by atoms with E-state index in [4.69, 9.17) is 31.0 Å². The number of nitrogens with zero attached hydrogens (tertiary/aromatic N) is 1. The van der Waals surface area contributed by atoms with Gasteiger partial charge >= 0.3 is 0 Å². The molecule has 0 aromatic carbocycles. The average molecular weight is 341 g/mol. The van der Waals surface area contributed by atoms with E-state index < -0.39 is 8.38 Å². The molecule has 2 atom stereocenters. The van der Waals surface area contributed by atoms with E-state index in [9.17, 15) is 0 Å². The van der Waals surface area contributed by atoms with Crippen LogP contribution in [-0.4, -0.2) is 54.9 Å². The van der Waals surface area contributed by atoms with Crippen LogP contribution in [0, 0.1) is 0 Å². The topological polar surface area (TPSA) is 107 Å². The van der Waals surface area contributed by atoms with E-state index >= 15 is 0 Å². The van der Waals surface area contributed by atoms with Crippen molar-refractivity contribution in [2.45, 2.75) is 25.2 Å². The highest BCUT2D eigenvalue weighted by Gasteiger charge is 2.25. The Hall–Kier alpha value is -0.310. The molecule has 0 aromatic heterocycles. The third kappa shape index (κ3) is 8.65. The maximum Gasteiger partial charge on any atom is 0.192 e. The van der Waals surface area contributed by atoms with Crippen molar-refractivity contribution in [2.24, 2.45) is 4.51 Å². The van der Waals surface area contributed by atoms with Crippen molar-refractivity contribution < 1.29 is 19.3 Å². The Kier molecular flexibility index (Phi) is 10.1. The predicted molar refractivity (Wildman–Crippen MR) is 82.7 cm³/mol. The van der Waals surface area contributed by atoms with Crippen LogP contribution in [0.4, 0.5) is 0 Å². The standard InChI is InChI=1S/C11H22ClN4O4P/c1-13-4-9(5-14-12)6-15-16-11-3-2-10(20-11)7-19-8-21(17)18/h5-6,10-11,13,15-18H,2-4,7-8H2,1H3. The number of hydrogen-bond acceptors (Lipinski definition) is 8. The van der Waals surface area contributed by atoms with Crippen LogP contribution in [-0.2, 0) is 9.47 Å². The molecule has 0 aromatic rings. The summed E-state index contributed by atoms with van der Waals surface area (Å²) in [6.45, 7) is 0.996. The van der Waals surface area contributed by atoms with Crippen molar-refractivity contribution in [1.29, 1.82) is 0 Å². The first-order valence-corrected chi connectivity index (χ1v) is 8.30. The van der Waals surface area contributed by atoms with Crippen LogP contribution in [0.15, 0.2) is 16.3 Å². The smallest absolute Gasteiger partial charge is 0.192 e. The van der Waals surface area contributed by atoms with Crippen molar-refractivity contribution in [3.8, 4) is 0 Å². The van der Waals surface area contributed by atoms with Gasteiger partial charge in [0.15, 0.2) is 8.38 Å². The first kappa shape index (κ1) is 18.7. The number of hydrazine groups is 1. The van der Waals surface area contributed by atoms with Crippen LogP contribution in [0.3, 0.4) is 0 Å². The monoisotopic (exact) mass is 340 g/mol. The summed E-state index contributed by atoms with van der Waals surface area (Å²) in [7, 11) is -0.167. The minimum atomic E-state index is -2.00. The number of halogens is 1. The maximum atomic E-state index is 8.73. The van der Waals surface area contributed by atoms with E-state index in [1.165, 1.54) is 0 Å². The van der Waals surface area contributed by atoms with Crippen molar-refractivity contribution in [3.05, 3.63) is 11.8 Å². The van der Waals surface area contributed by atoms with E-state index in [1.807, 2.05) is 7.05 Å². The van der Waals surface area contributed by atoms with E-state index in [0.717, 1.165) is 18.4 Å². The molecule has 1 rings (SSSR count). The molecule has 1 aliphatic heterocycles. The van der Waals surface area contributed by atoms with Gasteiger partial charge < -0.3 is 30.0 Å². The lowest BCUT2D eigenvalue weighted by Gasteiger charge is -2.15. The highest BCUT2D eigenvalue weighted by molar-refractivity contribution is 7.44. The van der Waals surface area contributed by atoms with Gasteiger partial charge in [-0.15, -0.1) is 0 Å². The Morgan fingerprint density at radius 1 is 1.52 bits per heavy atom. The molecule has 0 bridgehead atoms. The van der Waals surface area contributed by atoms with Crippen LogP contribution in [0.2, 0.25) is 0 Å². The summed E-state index contributed by atoms with van der Waals surface area (Å²) in [4.78, 5) is 17.5. The quantitative estimate of drug-likeness (QED) is 0.219. The van der Waals surface area contributed by atoms with E-state index in [2.05, 4.69) is 20.7 Å². The second-order valence-corrected chi connectivity index (χ2v) is 5.66. The van der Waals surface area contributed by atoms with Gasteiger partial charge in [-0.2, -0.15) is 4.51 Å². The molecule has 8 nitrogen and oxygen atoms in total. The Bertz CT molecular complexity index is 346. The average Bonchev–Trinajstić information content (AvgIpc) is 2.87. The second-order valence-electron chi connectivity index (χ2n) is 4.46. The first-order valence-electron chi connectivity index (χ1n) is 6.53. The maximum absolute atomic E-state index is 8.73. The van der Waals surface area contributed by atoms with Gasteiger partial charge in [0.2, 0.25) is 0 Å². The normalized spacial score (nSPS) is 23.4. The zero-order chi connectivity index (χ0) is 15.5. The second kappa shape index (κ2) is 11.3. The molecule has 0 saturated carbocycles. The predicted octanol–water partition coefficient (Wildman–Crippen LogP) is 0.184. The molecule has 1 aliphatic rings. The minimum Gasteiger partial charge on any atom is -0.369 e. The third-order valence-electron chi connectivity index (χ3n) is 2.72. The summed E-state index contributed by atoms with van der Waals surface area (Å²) in [6, 6.07) is 0. The number of ether oxygens (including phenoxy) is 2. The fourth-order valence-electron chi connectivity index (χ4n) is 1.83. The van der Waals surface area contributed by atoms with E-state index in [-0.39, 0.29) is 18.7 Å². The van der Waals surface area contributed by atoms with Gasteiger partial charge in [-0.3, -0.25) is 0 Å². The summed E-state index contributed by atoms with van der Waals surface area (Å²) in [5, 5.41) is 3.00. The zero-order valence-corrected chi connectivity index (χ0v) is 13.5. The Balaban J connectivity index is 2.20. The van der Waals surface area contributed by atoms with Crippen molar-refractivity contribution >= 4 is 26.4 Å². The molecule has 1 saturated heterocycles. The molecule has 10 heteroatoms. The SMILES string of the molecule is CNCC(C=NCl)=CNNC1CCC(COCP(O)O)O1. The Morgan fingerprint density at radius 3 is 3.00 bits per heavy atom. The lowest BCUT2D eigenvalue weighted by molar-refractivity contribution is -0.0218. The highest BCUT2D eigenvalue weighted by atomic mass is 35.5. The molecular formula is C11H22ClN4O4P. The van der Waals surface area contributed by atoms with Crippen molar-refractivity contribution in [2.75, 3.05) is 26.5 Å². The molecule has 0 spiro atoms. The van der Waals surface area contributed by atoms with E-state index in [0.29, 0.717) is 13.2 Å². The summed E-state index contributed by atoms with van der Waals surface area (Å²) >= 11 is 5.31. The Labute approximate surface area is 130 Å². The number of hydrogen-bond donors (Lipinski definition) is 5. The van der Waals surface area contributed by atoms with Gasteiger partial charge in [0, 0.05) is 36.3 Å². The molecular weight excluding hydrogens is 319 g/mol. The summed E-state index contributed by atoms with van der Waals surface area (Å²) in [5.74, 6) is 0. The zero-order valence-electron chi connectivity index (χ0n) is 11.8. The highest BCUT2D eigenvalue weighted by Crippen LogP contribution is 2.23. The van der Waals surface area contributed by atoms with Crippen LogP contribution in [0.1, 0.15) is 12.8 Å². The van der Waals surface area contributed by atoms with Crippen LogP contribution >= 0.6 is 20.2 Å². The fourth-order valence-corrected chi connectivity index (χ4v) is 2.22. The van der Waals surface area contributed by atoms with Crippen LogP contribution in [0.5, 0.6) is 0 Å². The third-order valence-corrected chi connectivity index (χ3v) is 3.23. The lowest BCUT2D eigenvalue weighted by Crippen LogP contribution is -2.38. The minimum absolute atomic E-state index is 0.0376. The largest absolute Gasteiger partial charge is 0.369 e. The molecule has 1 fully saturated rings.